The van der Waals surface area contributed by atoms with Crippen LogP contribution in [-0.2, 0) is 0 Å². The van der Waals surface area contributed by atoms with E-state index in [0.29, 0.717) is 0 Å². The second-order valence-electron chi connectivity index (χ2n) is 2.09. The van der Waals surface area contributed by atoms with Crippen molar-refractivity contribution in [1.82, 2.24) is 5.43 Å². The van der Waals surface area contributed by atoms with Crippen LogP contribution in [0.4, 0.5) is 5.69 Å². The monoisotopic (exact) mass is 245 g/mol. The van der Waals surface area contributed by atoms with Gasteiger partial charge in [-0.1, -0.05) is 18.2 Å². The molecule has 0 heterocycles. The van der Waals surface area contributed by atoms with Gasteiger partial charge in [0.25, 0.3) is 0 Å². The molecule has 5 heteroatoms. The predicted octanol–water partition coefficient (Wildman–Crippen LogP) is 1.55. The van der Waals surface area contributed by atoms with E-state index in [0.717, 1.165) is 5.69 Å². The third-order valence-electron chi connectivity index (χ3n) is 1.19. The minimum absolute atomic E-state index is 0.218. The van der Waals surface area contributed by atoms with Gasteiger partial charge in [-0.15, -0.1) is 0 Å². The smallest absolute Gasteiger partial charge is 0.183 e. The molecule has 3 N–H and O–H groups in total. The summed E-state index contributed by atoms with van der Waals surface area (Å²) in [5.74, 6) is 0. The molecular formula is C7H8BrN3S. The molecule has 0 aliphatic carbocycles. The quantitative estimate of drug-likeness (QED) is 0.472. The van der Waals surface area contributed by atoms with E-state index >= 15 is 0 Å². The highest BCUT2D eigenvalue weighted by molar-refractivity contribution is 9.10. The van der Waals surface area contributed by atoms with E-state index in [4.69, 9.17) is 5.73 Å². The van der Waals surface area contributed by atoms with Crippen molar-refractivity contribution in [3.63, 3.8) is 0 Å². The Kier molecular flexibility index (Phi) is 3.31. The molecule has 64 valence electrons. The molecule has 12 heavy (non-hydrogen) atoms. The number of thiocarbonyl (C=S) groups is 1. The molecule has 1 aromatic carbocycles. The van der Waals surface area contributed by atoms with E-state index in [1.165, 1.54) is 0 Å². The Balaban J connectivity index is 2.65. The number of benzene rings is 1. The highest BCUT2D eigenvalue weighted by atomic mass is 79.9. The number of rotatable bonds is 2. The fourth-order valence-corrected chi connectivity index (χ4v) is 1.36. The Morgan fingerprint density at radius 1 is 1.42 bits per heavy atom. The molecule has 0 unspecified atom stereocenters. The summed E-state index contributed by atoms with van der Waals surface area (Å²) in [6.07, 6.45) is 0. The van der Waals surface area contributed by atoms with E-state index in [1.54, 1.807) is 4.03 Å². The molecule has 0 saturated heterocycles. The van der Waals surface area contributed by atoms with E-state index in [-0.39, 0.29) is 5.11 Å². The molecular weight excluding hydrogens is 238 g/mol. The van der Waals surface area contributed by atoms with Crippen LogP contribution in [0.15, 0.2) is 30.3 Å². The number of hydrogen-bond acceptors (Lipinski definition) is 2. The molecule has 0 aliphatic rings. The highest BCUT2D eigenvalue weighted by Crippen LogP contribution is 2.13. The first-order valence-electron chi connectivity index (χ1n) is 3.27. The first-order chi connectivity index (χ1) is 5.70. The zero-order chi connectivity index (χ0) is 8.97. The van der Waals surface area contributed by atoms with E-state index < -0.39 is 0 Å². The zero-order valence-corrected chi connectivity index (χ0v) is 8.60. The summed E-state index contributed by atoms with van der Waals surface area (Å²) in [5.41, 5.74) is 8.93. The normalized spacial score (nSPS) is 9.08. The molecule has 3 nitrogen and oxygen atoms in total. The molecule has 0 spiro atoms. The second-order valence-corrected chi connectivity index (χ2v) is 3.24. The van der Waals surface area contributed by atoms with Crippen molar-refractivity contribution >= 4 is 39.2 Å². The zero-order valence-electron chi connectivity index (χ0n) is 6.20. The van der Waals surface area contributed by atoms with Crippen LogP contribution in [0.1, 0.15) is 0 Å². The van der Waals surface area contributed by atoms with Gasteiger partial charge >= 0.3 is 0 Å². The summed E-state index contributed by atoms with van der Waals surface area (Å²) in [7, 11) is 0. The standard InChI is InChI=1S/C7H8BrN3S/c8-11(10-7(9)12)6-4-2-1-3-5-6/h1-5H,(H3,9,10,12). The average molecular weight is 246 g/mol. The van der Waals surface area contributed by atoms with Gasteiger partial charge in [-0.2, -0.15) is 0 Å². The molecule has 0 fully saturated rings. The number of nitrogens with zero attached hydrogens (tertiary/aromatic N) is 1. The molecule has 0 saturated carbocycles. The van der Waals surface area contributed by atoms with Crippen molar-refractivity contribution in [2.75, 3.05) is 4.03 Å². The van der Waals surface area contributed by atoms with Crippen molar-refractivity contribution in [3.05, 3.63) is 30.3 Å². The molecule has 0 radical (unpaired) electrons. The van der Waals surface area contributed by atoms with Crippen molar-refractivity contribution in [3.8, 4) is 0 Å². The Bertz CT molecular complexity index is 265. The number of nitrogens with two attached hydrogens (primary N) is 1. The van der Waals surface area contributed by atoms with Gasteiger partial charge in [-0.25, -0.2) is 4.03 Å². The van der Waals surface area contributed by atoms with Gasteiger partial charge < -0.3 is 5.73 Å². The molecule has 0 aromatic heterocycles. The van der Waals surface area contributed by atoms with Gasteiger partial charge in [0.2, 0.25) is 0 Å². The van der Waals surface area contributed by atoms with Crippen LogP contribution in [0, 0.1) is 0 Å². The summed E-state index contributed by atoms with van der Waals surface area (Å²) >= 11 is 7.91. The lowest BCUT2D eigenvalue weighted by atomic mass is 10.3. The maximum absolute atomic E-state index is 5.28. The molecule has 0 amide bonds. The second kappa shape index (κ2) is 4.27. The van der Waals surface area contributed by atoms with Crippen LogP contribution in [0.25, 0.3) is 0 Å². The number of para-hydroxylation sites is 1. The molecule has 0 bridgehead atoms. The number of hydrazine groups is 1. The predicted molar refractivity (Wildman–Crippen MR) is 57.8 cm³/mol. The number of hydrogen-bond donors (Lipinski definition) is 2. The lowest BCUT2D eigenvalue weighted by Gasteiger charge is -2.16. The summed E-state index contributed by atoms with van der Waals surface area (Å²) < 4.78 is 1.58. The summed E-state index contributed by atoms with van der Waals surface area (Å²) in [6, 6.07) is 9.61. The van der Waals surface area contributed by atoms with Gasteiger partial charge in [0.15, 0.2) is 5.11 Å². The van der Waals surface area contributed by atoms with Gasteiger partial charge in [0.05, 0.1) is 21.8 Å². The van der Waals surface area contributed by atoms with Crippen molar-refractivity contribution in [2.45, 2.75) is 0 Å². The number of nitrogens with one attached hydrogen (secondary N) is 1. The number of anilines is 1. The van der Waals surface area contributed by atoms with Gasteiger partial charge in [-0.3, -0.25) is 5.43 Å². The number of halogens is 1. The maximum Gasteiger partial charge on any atom is 0.183 e. The highest BCUT2D eigenvalue weighted by Gasteiger charge is 1.99. The van der Waals surface area contributed by atoms with Crippen molar-refractivity contribution in [1.29, 1.82) is 0 Å². The third kappa shape index (κ3) is 2.67. The Morgan fingerprint density at radius 2 is 2.00 bits per heavy atom. The lowest BCUT2D eigenvalue weighted by molar-refractivity contribution is 1.04. The first-order valence-corrected chi connectivity index (χ1v) is 4.39. The van der Waals surface area contributed by atoms with Gasteiger partial charge in [0.1, 0.15) is 0 Å². The lowest BCUT2D eigenvalue weighted by Crippen LogP contribution is -2.38. The Hall–Kier alpha value is -0.810. The largest absolute Gasteiger partial charge is 0.375 e. The van der Waals surface area contributed by atoms with Crippen LogP contribution >= 0.6 is 28.4 Å². The van der Waals surface area contributed by atoms with Crippen molar-refractivity contribution in [2.24, 2.45) is 5.73 Å². The van der Waals surface area contributed by atoms with Crippen LogP contribution in [0.2, 0.25) is 0 Å². The first kappa shape index (κ1) is 9.28. The van der Waals surface area contributed by atoms with Gasteiger partial charge in [0, 0.05) is 0 Å². The van der Waals surface area contributed by atoms with Crippen LogP contribution in [0.3, 0.4) is 0 Å². The third-order valence-corrected chi connectivity index (χ3v) is 1.87. The fraction of sp³-hybridized carbons (Fsp3) is 0. The minimum atomic E-state index is 0.218. The minimum Gasteiger partial charge on any atom is -0.375 e. The van der Waals surface area contributed by atoms with E-state index in [9.17, 15) is 0 Å². The SMILES string of the molecule is NC(=S)NN(Br)c1ccccc1. The molecule has 0 aliphatic heterocycles. The summed E-state index contributed by atoms with van der Waals surface area (Å²) in [5, 5.41) is 0.218. The van der Waals surface area contributed by atoms with E-state index in [2.05, 4.69) is 33.8 Å². The molecule has 1 aromatic rings. The van der Waals surface area contributed by atoms with Crippen LogP contribution < -0.4 is 15.2 Å². The maximum atomic E-state index is 5.28. The molecule has 0 atom stereocenters. The van der Waals surface area contributed by atoms with E-state index in [1.807, 2.05) is 30.3 Å². The fourth-order valence-electron chi connectivity index (χ4n) is 0.720. The Morgan fingerprint density at radius 3 is 2.50 bits per heavy atom. The van der Waals surface area contributed by atoms with Crippen LogP contribution in [0.5, 0.6) is 0 Å². The summed E-state index contributed by atoms with van der Waals surface area (Å²) in [6.45, 7) is 0. The molecule has 1 rings (SSSR count). The topological polar surface area (TPSA) is 41.3 Å². The average Bonchev–Trinajstić information content (AvgIpc) is 2.05. The summed E-state index contributed by atoms with van der Waals surface area (Å²) in [4.78, 5) is 0. The van der Waals surface area contributed by atoms with Crippen molar-refractivity contribution < 1.29 is 0 Å². The Labute approximate surface area is 84.9 Å². The van der Waals surface area contributed by atoms with Gasteiger partial charge in [-0.05, 0) is 24.4 Å². The van der Waals surface area contributed by atoms with Crippen LogP contribution in [-0.4, -0.2) is 5.11 Å².